The molecule has 0 radical (unpaired) electrons. The lowest BCUT2D eigenvalue weighted by Crippen LogP contribution is -2.19. The first kappa shape index (κ1) is 13.0. The fourth-order valence-electron chi connectivity index (χ4n) is 1.69. The van der Waals surface area contributed by atoms with Crippen molar-refractivity contribution < 1.29 is 9.84 Å². The van der Waals surface area contributed by atoms with Crippen LogP contribution in [0.2, 0.25) is 0 Å². The first-order valence-electron chi connectivity index (χ1n) is 5.53. The van der Waals surface area contributed by atoms with Crippen LogP contribution in [0.3, 0.4) is 0 Å². The van der Waals surface area contributed by atoms with E-state index in [9.17, 15) is 0 Å². The Labute approximate surface area is 97.7 Å². The van der Waals surface area contributed by atoms with Gasteiger partial charge in [0.25, 0.3) is 0 Å². The van der Waals surface area contributed by atoms with E-state index in [1.807, 2.05) is 40.1 Å². The van der Waals surface area contributed by atoms with Crippen LogP contribution in [0.5, 0.6) is 5.75 Å². The normalized spacial score (nSPS) is 10.9. The number of hydrogen-bond acceptors (Lipinski definition) is 3. The Balaban J connectivity index is 2.72. The maximum atomic E-state index is 9.08. The first-order valence-corrected chi connectivity index (χ1v) is 5.53. The third-order valence-electron chi connectivity index (χ3n) is 2.49. The van der Waals surface area contributed by atoms with Crippen LogP contribution >= 0.6 is 0 Å². The minimum absolute atomic E-state index is 0.0830. The summed E-state index contributed by atoms with van der Waals surface area (Å²) >= 11 is 0. The maximum Gasteiger partial charge on any atom is 0.125 e. The van der Waals surface area contributed by atoms with Gasteiger partial charge in [0.05, 0.1) is 6.61 Å². The van der Waals surface area contributed by atoms with Crippen LogP contribution in [0, 0.1) is 13.8 Å². The van der Waals surface area contributed by atoms with E-state index in [0.717, 1.165) is 29.0 Å². The average molecular weight is 223 g/mol. The van der Waals surface area contributed by atoms with E-state index in [1.54, 1.807) is 0 Å². The number of benzene rings is 1. The van der Waals surface area contributed by atoms with Gasteiger partial charge in [-0.15, -0.1) is 0 Å². The molecule has 0 bridgehead atoms. The standard InChI is InChI=1S/C13H21NO2/c1-10-7-12(9-15)8-11(2)13(10)16-6-5-14(3)4/h7-8,15H,5-6,9H2,1-4H3. The highest BCUT2D eigenvalue weighted by molar-refractivity contribution is 5.43. The van der Waals surface area contributed by atoms with E-state index in [4.69, 9.17) is 9.84 Å². The molecule has 0 saturated carbocycles. The van der Waals surface area contributed by atoms with Crippen molar-refractivity contribution in [1.82, 2.24) is 4.90 Å². The van der Waals surface area contributed by atoms with Crippen LogP contribution < -0.4 is 4.74 Å². The Hall–Kier alpha value is -1.06. The number of aryl methyl sites for hydroxylation is 2. The highest BCUT2D eigenvalue weighted by Gasteiger charge is 2.06. The van der Waals surface area contributed by atoms with E-state index >= 15 is 0 Å². The van der Waals surface area contributed by atoms with Gasteiger partial charge in [-0.1, -0.05) is 12.1 Å². The number of ether oxygens (including phenoxy) is 1. The second-order valence-corrected chi connectivity index (χ2v) is 4.37. The number of rotatable bonds is 5. The topological polar surface area (TPSA) is 32.7 Å². The maximum absolute atomic E-state index is 9.08. The van der Waals surface area contributed by atoms with Crippen LogP contribution in [0.4, 0.5) is 0 Å². The summed E-state index contributed by atoms with van der Waals surface area (Å²) in [4.78, 5) is 2.09. The van der Waals surface area contributed by atoms with Gasteiger partial charge in [-0.2, -0.15) is 0 Å². The van der Waals surface area contributed by atoms with Gasteiger partial charge in [-0.25, -0.2) is 0 Å². The summed E-state index contributed by atoms with van der Waals surface area (Å²) < 4.78 is 5.75. The molecule has 0 spiro atoms. The zero-order chi connectivity index (χ0) is 12.1. The van der Waals surface area contributed by atoms with E-state index in [1.165, 1.54) is 0 Å². The molecule has 0 aliphatic heterocycles. The molecule has 3 heteroatoms. The molecule has 1 aromatic carbocycles. The van der Waals surface area contributed by atoms with Crippen molar-refractivity contribution in [3.05, 3.63) is 28.8 Å². The summed E-state index contributed by atoms with van der Waals surface area (Å²) in [6, 6.07) is 3.94. The molecule has 0 amide bonds. The van der Waals surface area contributed by atoms with Gasteiger partial charge in [-0.05, 0) is 44.6 Å². The number of aliphatic hydroxyl groups is 1. The van der Waals surface area contributed by atoms with Crippen molar-refractivity contribution >= 4 is 0 Å². The zero-order valence-corrected chi connectivity index (χ0v) is 10.6. The lowest BCUT2D eigenvalue weighted by Gasteiger charge is -2.15. The van der Waals surface area contributed by atoms with Crippen molar-refractivity contribution in [2.24, 2.45) is 0 Å². The Morgan fingerprint density at radius 2 is 1.75 bits per heavy atom. The lowest BCUT2D eigenvalue weighted by molar-refractivity contribution is 0.258. The van der Waals surface area contributed by atoms with Crippen LogP contribution in [0.1, 0.15) is 16.7 Å². The summed E-state index contributed by atoms with van der Waals surface area (Å²) in [6.07, 6.45) is 0. The van der Waals surface area contributed by atoms with Crippen molar-refractivity contribution in [2.75, 3.05) is 27.2 Å². The Morgan fingerprint density at radius 3 is 2.19 bits per heavy atom. The summed E-state index contributed by atoms with van der Waals surface area (Å²) in [6.45, 7) is 5.70. The molecule has 0 heterocycles. The second-order valence-electron chi connectivity index (χ2n) is 4.37. The van der Waals surface area contributed by atoms with Crippen LogP contribution in [0.25, 0.3) is 0 Å². The Morgan fingerprint density at radius 1 is 1.19 bits per heavy atom. The SMILES string of the molecule is Cc1cc(CO)cc(C)c1OCCN(C)C. The molecule has 1 rings (SSSR count). The third-order valence-corrected chi connectivity index (χ3v) is 2.49. The quantitative estimate of drug-likeness (QED) is 0.825. The molecule has 0 aliphatic rings. The van der Waals surface area contributed by atoms with Gasteiger partial charge in [0, 0.05) is 6.54 Å². The predicted octanol–water partition coefficient (Wildman–Crippen LogP) is 1.74. The number of hydrogen-bond donors (Lipinski definition) is 1. The van der Waals surface area contributed by atoms with E-state index in [0.29, 0.717) is 6.61 Å². The van der Waals surface area contributed by atoms with E-state index in [-0.39, 0.29) is 6.61 Å². The van der Waals surface area contributed by atoms with Crippen molar-refractivity contribution in [1.29, 1.82) is 0 Å². The highest BCUT2D eigenvalue weighted by atomic mass is 16.5. The summed E-state index contributed by atoms with van der Waals surface area (Å²) in [5.74, 6) is 0.944. The molecule has 0 fully saturated rings. The van der Waals surface area contributed by atoms with Gasteiger partial charge in [0.1, 0.15) is 12.4 Å². The highest BCUT2D eigenvalue weighted by Crippen LogP contribution is 2.24. The fourth-order valence-corrected chi connectivity index (χ4v) is 1.69. The molecule has 3 nitrogen and oxygen atoms in total. The Bertz CT molecular complexity index is 325. The second kappa shape index (κ2) is 5.87. The third kappa shape index (κ3) is 3.51. The summed E-state index contributed by atoms with van der Waals surface area (Å²) in [5.41, 5.74) is 3.11. The number of likely N-dealkylation sites (N-methyl/N-ethyl adjacent to an activating group) is 1. The molecule has 16 heavy (non-hydrogen) atoms. The van der Waals surface area contributed by atoms with Gasteiger partial charge in [0.15, 0.2) is 0 Å². The zero-order valence-electron chi connectivity index (χ0n) is 10.6. The molecule has 0 saturated heterocycles. The number of aliphatic hydroxyl groups excluding tert-OH is 1. The summed E-state index contributed by atoms with van der Waals surface area (Å²) in [5, 5.41) is 9.08. The molecule has 1 aromatic rings. The monoisotopic (exact) mass is 223 g/mol. The molecule has 90 valence electrons. The molecule has 0 aromatic heterocycles. The van der Waals surface area contributed by atoms with Gasteiger partial charge < -0.3 is 14.7 Å². The number of nitrogens with zero attached hydrogens (tertiary/aromatic N) is 1. The van der Waals surface area contributed by atoms with Crippen molar-refractivity contribution in [3.8, 4) is 5.75 Å². The molecule has 1 N–H and O–H groups in total. The predicted molar refractivity (Wildman–Crippen MR) is 65.9 cm³/mol. The largest absolute Gasteiger partial charge is 0.492 e. The minimum atomic E-state index is 0.0830. The van der Waals surface area contributed by atoms with Gasteiger partial charge in [-0.3, -0.25) is 0 Å². The average Bonchev–Trinajstić information content (AvgIpc) is 2.21. The minimum Gasteiger partial charge on any atom is -0.492 e. The van der Waals surface area contributed by atoms with Crippen molar-refractivity contribution in [2.45, 2.75) is 20.5 Å². The van der Waals surface area contributed by atoms with Gasteiger partial charge >= 0.3 is 0 Å². The first-order chi connectivity index (χ1) is 7.54. The van der Waals surface area contributed by atoms with E-state index in [2.05, 4.69) is 4.90 Å². The lowest BCUT2D eigenvalue weighted by atomic mass is 10.1. The smallest absolute Gasteiger partial charge is 0.125 e. The fraction of sp³-hybridized carbons (Fsp3) is 0.538. The van der Waals surface area contributed by atoms with Gasteiger partial charge in [0.2, 0.25) is 0 Å². The van der Waals surface area contributed by atoms with Crippen LogP contribution in [-0.4, -0.2) is 37.3 Å². The molecule has 0 aliphatic carbocycles. The van der Waals surface area contributed by atoms with Crippen LogP contribution in [-0.2, 0) is 6.61 Å². The summed E-state index contributed by atoms with van der Waals surface area (Å²) in [7, 11) is 4.05. The molecular formula is C13H21NO2. The van der Waals surface area contributed by atoms with Crippen molar-refractivity contribution in [3.63, 3.8) is 0 Å². The molecular weight excluding hydrogens is 202 g/mol. The molecule has 0 unspecified atom stereocenters. The van der Waals surface area contributed by atoms with E-state index < -0.39 is 0 Å². The van der Waals surface area contributed by atoms with Crippen LogP contribution in [0.15, 0.2) is 12.1 Å². The molecule has 0 atom stereocenters. The Kier molecular flexibility index (Phi) is 4.77.